The molecule has 0 amide bonds. The van der Waals surface area contributed by atoms with Gasteiger partial charge in [-0.2, -0.15) is 4.98 Å². The van der Waals surface area contributed by atoms with E-state index in [9.17, 15) is 0 Å². The fourth-order valence-corrected chi connectivity index (χ4v) is 4.17. The lowest BCUT2D eigenvalue weighted by atomic mass is 9.96. The molecule has 0 bridgehead atoms. The zero-order chi connectivity index (χ0) is 18.8. The van der Waals surface area contributed by atoms with Crippen molar-refractivity contribution in [2.75, 3.05) is 35.6 Å². The van der Waals surface area contributed by atoms with Crippen LogP contribution >= 0.6 is 11.6 Å². The minimum Gasteiger partial charge on any atom is -0.397 e. The van der Waals surface area contributed by atoms with Crippen molar-refractivity contribution in [2.45, 2.75) is 45.1 Å². The molecule has 0 unspecified atom stereocenters. The van der Waals surface area contributed by atoms with Gasteiger partial charge in [0.2, 0.25) is 5.95 Å². The molecule has 27 heavy (non-hydrogen) atoms. The number of halogens is 1. The van der Waals surface area contributed by atoms with E-state index >= 15 is 0 Å². The van der Waals surface area contributed by atoms with E-state index in [1.54, 1.807) is 6.07 Å². The Balaban J connectivity index is 1.64. The zero-order valence-corrected chi connectivity index (χ0v) is 16.5. The van der Waals surface area contributed by atoms with Gasteiger partial charge < -0.3 is 21.3 Å². The number of aromatic nitrogens is 2. The molecular formula is C20H27ClN6. The highest BCUT2D eigenvalue weighted by molar-refractivity contribution is 6.33. The first-order chi connectivity index (χ1) is 13.1. The van der Waals surface area contributed by atoms with E-state index in [0.717, 1.165) is 50.4 Å². The molecular weight excluding hydrogens is 360 g/mol. The number of fused-ring (bicyclic) bond motifs is 1. The zero-order valence-electron chi connectivity index (χ0n) is 15.8. The predicted molar refractivity (Wildman–Crippen MR) is 112 cm³/mol. The van der Waals surface area contributed by atoms with E-state index in [4.69, 9.17) is 27.3 Å². The molecule has 1 aromatic heterocycles. The number of aryl methyl sites for hydroxylation is 1. The molecule has 2 heterocycles. The van der Waals surface area contributed by atoms with Crippen LogP contribution in [-0.4, -0.2) is 35.6 Å². The largest absolute Gasteiger partial charge is 0.397 e. The average molecular weight is 387 g/mol. The van der Waals surface area contributed by atoms with Crippen LogP contribution in [0.2, 0.25) is 5.02 Å². The molecule has 2 aliphatic rings. The molecule has 0 radical (unpaired) electrons. The van der Waals surface area contributed by atoms with Gasteiger partial charge in [-0.25, -0.2) is 4.98 Å². The van der Waals surface area contributed by atoms with Crippen molar-refractivity contribution in [3.8, 4) is 0 Å². The predicted octanol–water partition coefficient (Wildman–Crippen LogP) is 3.52. The fraction of sp³-hybridized carbons (Fsp3) is 0.500. The van der Waals surface area contributed by atoms with Crippen LogP contribution in [-0.2, 0) is 12.8 Å². The van der Waals surface area contributed by atoms with E-state index < -0.39 is 0 Å². The molecule has 1 atom stereocenters. The Morgan fingerprint density at radius 1 is 1.26 bits per heavy atom. The second-order valence-corrected chi connectivity index (χ2v) is 7.76. The number of benzene rings is 1. The Labute approximate surface area is 165 Å². The molecule has 1 aliphatic carbocycles. The van der Waals surface area contributed by atoms with Gasteiger partial charge in [0, 0.05) is 30.4 Å². The SMILES string of the molecule is CCN[C@H]1CCN(c2nc(Nc3ccc(Cl)c(N)c3)nc3c2CCCC3)C1. The number of nitrogens with one attached hydrogen (secondary N) is 2. The summed E-state index contributed by atoms with van der Waals surface area (Å²) >= 11 is 6.03. The van der Waals surface area contributed by atoms with Gasteiger partial charge in [-0.05, 0) is 56.8 Å². The lowest BCUT2D eigenvalue weighted by molar-refractivity contribution is 0.571. The standard InChI is InChI=1S/C20H27ClN6/c1-2-23-14-9-10-27(12-14)19-15-5-3-4-6-18(15)25-20(26-19)24-13-7-8-16(21)17(22)11-13/h7-8,11,14,23H,2-6,9-10,12,22H2,1H3,(H,24,25,26)/t14-/m0/s1. The Hall–Kier alpha value is -2.05. The number of hydrogen-bond donors (Lipinski definition) is 3. The highest BCUT2D eigenvalue weighted by Gasteiger charge is 2.27. The van der Waals surface area contributed by atoms with Gasteiger partial charge in [0.25, 0.3) is 0 Å². The van der Waals surface area contributed by atoms with E-state index in [-0.39, 0.29) is 0 Å². The Morgan fingerprint density at radius 2 is 2.11 bits per heavy atom. The fourth-order valence-electron chi connectivity index (χ4n) is 4.05. The molecule has 144 valence electrons. The number of nitrogens with zero attached hydrogens (tertiary/aromatic N) is 3. The molecule has 0 saturated carbocycles. The highest BCUT2D eigenvalue weighted by Crippen LogP contribution is 2.32. The van der Waals surface area contributed by atoms with Crippen LogP contribution in [0.1, 0.15) is 37.4 Å². The quantitative estimate of drug-likeness (QED) is 0.682. The minimum absolute atomic E-state index is 0.539. The second-order valence-electron chi connectivity index (χ2n) is 7.35. The molecule has 6 nitrogen and oxygen atoms in total. The summed E-state index contributed by atoms with van der Waals surface area (Å²) in [4.78, 5) is 12.1. The van der Waals surface area contributed by atoms with Crippen molar-refractivity contribution in [1.82, 2.24) is 15.3 Å². The van der Waals surface area contributed by atoms with Crippen LogP contribution in [0.5, 0.6) is 0 Å². The lowest BCUT2D eigenvalue weighted by Gasteiger charge is -2.25. The normalized spacial score (nSPS) is 19.2. The topological polar surface area (TPSA) is 79.1 Å². The monoisotopic (exact) mass is 386 g/mol. The summed E-state index contributed by atoms with van der Waals surface area (Å²) in [5.74, 6) is 1.74. The maximum atomic E-state index is 6.03. The number of hydrogen-bond acceptors (Lipinski definition) is 6. The summed E-state index contributed by atoms with van der Waals surface area (Å²) in [7, 11) is 0. The van der Waals surface area contributed by atoms with E-state index in [2.05, 4.69) is 22.5 Å². The van der Waals surface area contributed by atoms with Gasteiger partial charge in [0.15, 0.2) is 0 Å². The molecule has 0 spiro atoms. The molecule has 1 saturated heterocycles. The Kier molecular flexibility index (Phi) is 5.36. The summed E-state index contributed by atoms with van der Waals surface area (Å²) < 4.78 is 0. The van der Waals surface area contributed by atoms with E-state index in [0.29, 0.717) is 22.7 Å². The van der Waals surface area contributed by atoms with E-state index in [1.807, 2.05) is 12.1 Å². The van der Waals surface area contributed by atoms with E-state index in [1.165, 1.54) is 24.1 Å². The van der Waals surface area contributed by atoms with Gasteiger partial charge in [0.1, 0.15) is 5.82 Å². The molecule has 1 aromatic carbocycles. The molecule has 4 rings (SSSR count). The summed E-state index contributed by atoms with van der Waals surface area (Å²) in [6.45, 7) is 5.21. The van der Waals surface area contributed by atoms with Crippen molar-refractivity contribution >= 4 is 34.7 Å². The third-order valence-corrected chi connectivity index (χ3v) is 5.74. The smallest absolute Gasteiger partial charge is 0.229 e. The van der Waals surface area contributed by atoms with Crippen LogP contribution in [0.25, 0.3) is 0 Å². The first-order valence-corrected chi connectivity index (χ1v) is 10.2. The molecule has 4 N–H and O–H groups in total. The first kappa shape index (κ1) is 18.3. The number of rotatable bonds is 5. The molecule has 7 heteroatoms. The average Bonchev–Trinajstić information content (AvgIpc) is 3.13. The van der Waals surface area contributed by atoms with Crippen LogP contribution in [0.3, 0.4) is 0 Å². The number of nitrogens with two attached hydrogens (primary N) is 1. The molecule has 1 fully saturated rings. The third kappa shape index (κ3) is 3.96. The molecule has 2 aromatic rings. The van der Waals surface area contributed by atoms with Crippen LogP contribution in [0.15, 0.2) is 18.2 Å². The van der Waals surface area contributed by atoms with Crippen LogP contribution < -0.4 is 21.3 Å². The lowest BCUT2D eigenvalue weighted by Crippen LogP contribution is -2.33. The number of likely N-dealkylation sites (N-methyl/N-ethyl adjacent to an activating group) is 1. The highest BCUT2D eigenvalue weighted by atomic mass is 35.5. The second kappa shape index (κ2) is 7.90. The van der Waals surface area contributed by atoms with Crippen molar-refractivity contribution in [2.24, 2.45) is 0 Å². The van der Waals surface area contributed by atoms with Gasteiger partial charge in [-0.3, -0.25) is 0 Å². The Bertz CT molecular complexity index is 824. The third-order valence-electron chi connectivity index (χ3n) is 5.39. The number of nitrogen functional groups attached to an aromatic ring is 1. The summed E-state index contributed by atoms with van der Waals surface area (Å²) in [5, 5.41) is 7.44. The number of anilines is 4. The van der Waals surface area contributed by atoms with Crippen molar-refractivity contribution in [1.29, 1.82) is 0 Å². The van der Waals surface area contributed by atoms with Crippen LogP contribution in [0.4, 0.5) is 23.1 Å². The van der Waals surface area contributed by atoms with Crippen molar-refractivity contribution in [3.63, 3.8) is 0 Å². The first-order valence-electron chi connectivity index (χ1n) is 9.84. The van der Waals surface area contributed by atoms with Crippen molar-refractivity contribution < 1.29 is 0 Å². The summed E-state index contributed by atoms with van der Waals surface area (Å²) in [5.41, 5.74) is 9.85. The van der Waals surface area contributed by atoms with Gasteiger partial charge in [-0.15, -0.1) is 0 Å². The maximum Gasteiger partial charge on any atom is 0.229 e. The minimum atomic E-state index is 0.539. The Morgan fingerprint density at radius 3 is 2.93 bits per heavy atom. The maximum absolute atomic E-state index is 6.03. The summed E-state index contributed by atoms with van der Waals surface area (Å²) in [6.07, 6.45) is 5.65. The van der Waals surface area contributed by atoms with Crippen molar-refractivity contribution in [3.05, 3.63) is 34.5 Å². The molecule has 1 aliphatic heterocycles. The summed E-state index contributed by atoms with van der Waals surface area (Å²) in [6, 6.07) is 6.05. The van der Waals surface area contributed by atoms with Gasteiger partial charge in [-0.1, -0.05) is 18.5 Å². The van der Waals surface area contributed by atoms with Gasteiger partial charge >= 0.3 is 0 Å². The van der Waals surface area contributed by atoms with Gasteiger partial charge in [0.05, 0.1) is 16.4 Å². The van der Waals surface area contributed by atoms with Crippen LogP contribution in [0, 0.1) is 0 Å².